The average molecular weight is 390 g/mol. The van der Waals surface area contributed by atoms with Crippen molar-refractivity contribution in [1.29, 1.82) is 0 Å². The number of hydrogen-bond donors (Lipinski definition) is 1. The lowest BCUT2D eigenvalue weighted by molar-refractivity contribution is -0.122. The van der Waals surface area contributed by atoms with Crippen molar-refractivity contribution < 1.29 is 9.53 Å². The van der Waals surface area contributed by atoms with E-state index in [1.54, 1.807) is 31.3 Å². The lowest BCUT2D eigenvalue weighted by atomic mass is 10.2. The van der Waals surface area contributed by atoms with Gasteiger partial charge in [0, 0.05) is 23.1 Å². The van der Waals surface area contributed by atoms with Crippen LogP contribution in [0.1, 0.15) is 12.5 Å². The SMILES string of the molecule is CC(Oc1ccc(Cl)cc1Cl)C(=O)Nc1ccc(Cn2cccn2)cc1. The second-order valence-corrected chi connectivity index (χ2v) is 6.57. The van der Waals surface area contributed by atoms with Crippen molar-refractivity contribution in [3.05, 3.63) is 76.5 Å². The van der Waals surface area contributed by atoms with E-state index in [0.717, 1.165) is 5.56 Å². The van der Waals surface area contributed by atoms with Gasteiger partial charge in [-0.1, -0.05) is 35.3 Å². The number of aromatic nitrogens is 2. The fourth-order valence-corrected chi connectivity index (χ4v) is 2.79. The van der Waals surface area contributed by atoms with Gasteiger partial charge in [0.05, 0.1) is 11.6 Å². The van der Waals surface area contributed by atoms with Gasteiger partial charge < -0.3 is 10.1 Å². The van der Waals surface area contributed by atoms with E-state index in [0.29, 0.717) is 28.0 Å². The maximum atomic E-state index is 12.3. The van der Waals surface area contributed by atoms with E-state index in [1.165, 1.54) is 0 Å². The normalized spacial score (nSPS) is 11.8. The highest BCUT2D eigenvalue weighted by Gasteiger charge is 2.16. The molecule has 0 saturated carbocycles. The molecular weight excluding hydrogens is 373 g/mol. The molecule has 1 N–H and O–H groups in total. The standard InChI is InChI=1S/C19H17Cl2N3O2/c1-13(26-18-8-5-15(20)11-17(18)21)19(25)23-16-6-3-14(4-7-16)12-24-10-2-9-22-24/h2-11,13H,12H2,1H3,(H,23,25). The number of carbonyl (C=O) groups is 1. The molecule has 26 heavy (non-hydrogen) atoms. The lowest BCUT2D eigenvalue weighted by Crippen LogP contribution is -2.30. The van der Waals surface area contributed by atoms with Crippen molar-refractivity contribution in [2.75, 3.05) is 5.32 Å². The molecule has 0 bridgehead atoms. The van der Waals surface area contributed by atoms with Crippen molar-refractivity contribution in [3.63, 3.8) is 0 Å². The van der Waals surface area contributed by atoms with Gasteiger partial charge in [0.15, 0.2) is 6.10 Å². The Balaban J connectivity index is 1.58. The van der Waals surface area contributed by atoms with Crippen LogP contribution < -0.4 is 10.1 Å². The van der Waals surface area contributed by atoms with Crippen molar-refractivity contribution in [2.45, 2.75) is 19.6 Å². The summed E-state index contributed by atoms with van der Waals surface area (Å²) < 4.78 is 7.45. The Morgan fingerprint density at radius 3 is 2.65 bits per heavy atom. The Morgan fingerprint density at radius 2 is 2.00 bits per heavy atom. The molecule has 134 valence electrons. The van der Waals surface area contributed by atoms with Gasteiger partial charge in [0.1, 0.15) is 5.75 Å². The Morgan fingerprint density at radius 1 is 1.23 bits per heavy atom. The molecule has 0 radical (unpaired) electrons. The van der Waals surface area contributed by atoms with Gasteiger partial charge >= 0.3 is 0 Å². The summed E-state index contributed by atoms with van der Waals surface area (Å²) in [5.41, 5.74) is 1.78. The van der Waals surface area contributed by atoms with Crippen molar-refractivity contribution in [2.24, 2.45) is 0 Å². The number of halogens is 2. The van der Waals surface area contributed by atoms with Crippen molar-refractivity contribution >= 4 is 34.8 Å². The minimum Gasteiger partial charge on any atom is -0.479 e. The fourth-order valence-electron chi connectivity index (χ4n) is 2.33. The quantitative estimate of drug-likeness (QED) is 0.667. The minimum absolute atomic E-state index is 0.268. The molecule has 0 aliphatic heterocycles. The Hall–Kier alpha value is -2.50. The second kappa shape index (κ2) is 8.25. The third-order valence-electron chi connectivity index (χ3n) is 3.69. The molecule has 5 nitrogen and oxygen atoms in total. The summed E-state index contributed by atoms with van der Waals surface area (Å²) in [4.78, 5) is 12.3. The van der Waals surface area contributed by atoms with Crippen molar-refractivity contribution in [3.8, 4) is 5.75 Å². The highest BCUT2D eigenvalue weighted by atomic mass is 35.5. The molecule has 3 rings (SSSR count). The van der Waals surface area contributed by atoms with Crippen LogP contribution >= 0.6 is 23.2 Å². The molecule has 0 aliphatic carbocycles. The lowest BCUT2D eigenvalue weighted by Gasteiger charge is -2.16. The first kappa shape index (κ1) is 18.3. The van der Waals surface area contributed by atoms with E-state index in [2.05, 4.69) is 10.4 Å². The van der Waals surface area contributed by atoms with Gasteiger partial charge in [-0.25, -0.2) is 0 Å². The number of benzene rings is 2. The van der Waals surface area contributed by atoms with Crippen LogP contribution in [0.15, 0.2) is 60.9 Å². The molecule has 0 saturated heterocycles. The number of nitrogens with one attached hydrogen (secondary N) is 1. The zero-order chi connectivity index (χ0) is 18.5. The van der Waals surface area contributed by atoms with Gasteiger partial charge in [0.25, 0.3) is 5.91 Å². The molecule has 1 amide bonds. The number of ether oxygens (including phenoxy) is 1. The van der Waals surface area contributed by atoms with Crippen LogP contribution in [0.3, 0.4) is 0 Å². The number of rotatable bonds is 6. The second-order valence-electron chi connectivity index (χ2n) is 5.72. The van der Waals surface area contributed by atoms with E-state index in [4.69, 9.17) is 27.9 Å². The van der Waals surface area contributed by atoms with E-state index in [1.807, 2.05) is 41.2 Å². The average Bonchev–Trinajstić information content (AvgIpc) is 3.12. The fraction of sp³-hybridized carbons (Fsp3) is 0.158. The van der Waals surface area contributed by atoms with Gasteiger partial charge in [0.2, 0.25) is 0 Å². The van der Waals surface area contributed by atoms with Crippen LogP contribution in [0.25, 0.3) is 0 Å². The van der Waals surface area contributed by atoms with Crippen LogP contribution in [0.5, 0.6) is 5.75 Å². The van der Waals surface area contributed by atoms with E-state index in [9.17, 15) is 4.79 Å². The first-order valence-electron chi connectivity index (χ1n) is 8.00. The smallest absolute Gasteiger partial charge is 0.265 e. The molecule has 2 aromatic carbocycles. The zero-order valence-corrected chi connectivity index (χ0v) is 15.5. The molecular formula is C19H17Cl2N3O2. The van der Waals surface area contributed by atoms with E-state index < -0.39 is 6.10 Å². The number of nitrogens with zero attached hydrogens (tertiary/aromatic N) is 2. The monoisotopic (exact) mass is 389 g/mol. The van der Waals surface area contributed by atoms with E-state index in [-0.39, 0.29) is 5.91 Å². The number of anilines is 1. The van der Waals surface area contributed by atoms with Crippen LogP contribution in [-0.2, 0) is 11.3 Å². The largest absolute Gasteiger partial charge is 0.479 e. The maximum Gasteiger partial charge on any atom is 0.265 e. The van der Waals surface area contributed by atoms with Gasteiger partial charge in [-0.05, 0) is 48.9 Å². The Kier molecular flexibility index (Phi) is 5.81. The molecule has 3 aromatic rings. The highest BCUT2D eigenvalue weighted by Crippen LogP contribution is 2.28. The topological polar surface area (TPSA) is 56.1 Å². The number of hydrogen-bond acceptors (Lipinski definition) is 3. The number of carbonyl (C=O) groups excluding carboxylic acids is 1. The molecule has 0 spiro atoms. The van der Waals surface area contributed by atoms with Gasteiger partial charge in [-0.15, -0.1) is 0 Å². The summed E-state index contributed by atoms with van der Waals surface area (Å²) >= 11 is 11.9. The zero-order valence-electron chi connectivity index (χ0n) is 14.0. The predicted octanol–water partition coefficient (Wildman–Crippen LogP) is 4.64. The summed E-state index contributed by atoms with van der Waals surface area (Å²) in [6.07, 6.45) is 2.93. The number of amides is 1. The summed E-state index contributed by atoms with van der Waals surface area (Å²) in [6.45, 7) is 2.34. The first-order chi connectivity index (χ1) is 12.5. The Labute approximate surface area is 161 Å². The molecule has 1 heterocycles. The molecule has 1 unspecified atom stereocenters. The minimum atomic E-state index is -0.711. The van der Waals surface area contributed by atoms with E-state index >= 15 is 0 Å². The molecule has 1 atom stereocenters. The predicted molar refractivity (Wildman–Crippen MR) is 103 cm³/mol. The third-order valence-corrected chi connectivity index (χ3v) is 4.22. The highest BCUT2D eigenvalue weighted by molar-refractivity contribution is 6.35. The van der Waals surface area contributed by atoms with Gasteiger partial charge in [-0.2, -0.15) is 5.10 Å². The Bertz CT molecular complexity index is 880. The molecule has 0 fully saturated rings. The summed E-state index contributed by atoms with van der Waals surface area (Å²) in [5, 5.41) is 7.86. The summed E-state index contributed by atoms with van der Waals surface area (Å²) in [7, 11) is 0. The molecule has 1 aromatic heterocycles. The summed E-state index contributed by atoms with van der Waals surface area (Å²) in [5.74, 6) is 0.143. The molecule has 0 aliphatic rings. The maximum absolute atomic E-state index is 12.3. The van der Waals surface area contributed by atoms with Crippen LogP contribution in [0, 0.1) is 0 Å². The van der Waals surface area contributed by atoms with Crippen molar-refractivity contribution in [1.82, 2.24) is 9.78 Å². The van der Waals surface area contributed by atoms with Gasteiger partial charge in [-0.3, -0.25) is 9.48 Å². The summed E-state index contributed by atoms with van der Waals surface area (Å²) in [6, 6.07) is 14.3. The third kappa shape index (κ3) is 4.77. The van der Waals surface area contributed by atoms with Crippen LogP contribution in [-0.4, -0.2) is 21.8 Å². The van der Waals surface area contributed by atoms with Crippen LogP contribution in [0.2, 0.25) is 10.0 Å². The molecule has 7 heteroatoms. The van der Waals surface area contributed by atoms with Crippen LogP contribution in [0.4, 0.5) is 5.69 Å². The first-order valence-corrected chi connectivity index (χ1v) is 8.76.